The second-order valence-corrected chi connectivity index (χ2v) is 9.70. The number of para-hydroxylation sites is 1. The number of halogens is 2. The van der Waals surface area contributed by atoms with E-state index in [1.807, 2.05) is 41.0 Å². The molecule has 0 aliphatic heterocycles. The van der Waals surface area contributed by atoms with Crippen molar-refractivity contribution in [3.63, 3.8) is 0 Å². The molecule has 1 aliphatic rings. The van der Waals surface area contributed by atoms with Gasteiger partial charge in [0.2, 0.25) is 0 Å². The third kappa shape index (κ3) is 5.11. The lowest BCUT2D eigenvalue weighted by Gasteiger charge is -2.13. The van der Waals surface area contributed by atoms with Crippen LogP contribution in [0.1, 0.15) is 12.2 Å². The molecule has 2 aromatic carbocycles. The monoisotopic (exact) mass is 463 g/mol. The van der Waals surface area contributed by atoms with Crippen molar-refractivity contribution in [3.8, 4) is 16.9 Å². The number of ether oxygens (including phenoxy) is 2. The molecule has 0 radical (unpaired) electrons. The fourth-order valence-electron chi connectivity index (χ4n) is 3.16. The molecular formula is C22H23Cl2N3O2S. The average Bonchev–Trinajstić information content (AvgIpc) is 3.20. The van der Waals surface area contributed by atoms with Crippen LogP contribution in [0.5, 0.6) is 5.75 Å². The minimum atomic E-state index is -0.586. The van der Waals surface area contributed by atoms with Crippen molar-refractivity contribution in [2.75, 3.05) is 19.5 Å². The number of hydrogen-bond acceptors (Lipinski definition) is 5. The summed E-state index contributed by atoms with van der Waals surface area (Å²) in [6.07, 6.45) is 0.821. The molecule has 0 amide bonds. The van der Waals surface area contributed by atoms with E-state index < -0.39 is 4.33 Å². The normalized spacial score (nSPS) is 17.1. The van der Waals surface area contributed by atoms with Crippen LogP contribution in [0, 0.1) is 5.92 Å². The second-order valence-electron chi connectivity index (χ2n) is 7.17. The Morgan fingerprint density at radius 2 is 1.83 bits per heavy atom. The maximum Gasteiger partial charge on any atom is 0.191 e. The topological polar surface area (TPSA) is 49.2 Å². The quantitative estimate of drug-likeness (QED) is 0.295. The molecule has 3 aromatic rings. The summed E-state index contributed by atoms with van der Waals surface area (Å²) < 4.78 is 12.9. The van der Waals surface area contributed by atoms with Crippen molar-refractivity contribution in [2.45, 2.75) is 29.1 Å². The molecule has 1 heterocycles. The lowest BCUT2D eigenvalue weighted by Crippen LogP contribution is -2.12. The molecule has 1 saturated carbocycles. The fraction of sp³-hybridized carbons (Fsp3) is 0.364. The third-order valence-corrected chi connectivity index (χ3v) is 7.07. The first-order chi connectivity index (χ1) is 14.6. The van der Waals surface area contributed by atoms with Crippen molar-refractivity contribution in [1.82, 2.24) is 14.8 Å². The highest BCUT2D eigenvalue weighted by Gasteiger charge is 2.51. The van der Waals surface area contributed by atoms with Gasteiger partial charge in [0.25, 0.3) is 0 Å². The Hall–Kier alpha value is -1.73. The Labute approximate surface area is 190 Å². The Morgan fingerprint density at radius 1 is 1.10 bits per heavy atom. The van der Waals surface area contributed by atoms with Gasteiger partial charge in [0, 0.05) is 30.9 Å². The van der Waals surface area contributed by atoms with Crippen molar-refractivity contribution < 1.29 is 9.47 Å². The summed E-state index contributed by atoms with van der Waals surface area (Å²) in [5, 5.41) is 9.56. The largest absolute Gasteiger partial charge is 0.485 e. The summed E-state index contributed by atoms with van der Waals surface area (Å²) in [6.45, 7) is 1.54. The zero-order chi connectivity index (χ0) is 21.0. The van der Waals surface area contributed by atoms with E-state index in [-0.39, 0.29) is 5.92 Å². The van der Waals surface area contributed by atoms with Gasteiger partial charge in [-0.15, -0.1) is 33.4 Å². The molecule has 1 aliphatic carbocycles. The van der Waals surface area contributed by atoms with Gasteiger partial charge < -0.3 is 14.0 Å². The third-order valence-electron chi connectivity index (χ3n) is 5.01. The van der Waals surface area contributed by atoms with Crippen LogP contribution in [0.3, 0.4) is 0 Å². The van der Waals surface area contributed by atoms with Crippen molar-refractivity contribution in [3.05, 3.63) is 60.4 Å². The Morgan fingerprint density at radius 3 is 2.57 bits per heavy atom. The number of aromatic nitrogens is 3. The van der Waals surface area contributed by atoms with Crippen LogP contribution in [0.2, 0.25) is 0 Å². The number of methoxy groups -OCH3 is 1. The molecule has 1 fully saturated rings. The van der Waals surface area contributed by atoms with Gasteiger partial charge in [-0.25, -0.2) is 0 Å². The highest BCUT2D eigenvalue weighted by molar-refractivity contribution is 7.99. The first-order valence-corrected chi connectivity index (χ1v) is 11.5. The van der Waals surface area contributed by atoms with Gasteiger partial charge in [0.15, 0.2) is 11.0 Å². The Kier molecular flexibility index (Phi) is 6.88. The van der Waals surface area contributed by atoms with Crippen molar-refractivity contribution >= 4 is 35.0 Å². The van der Waals surface area contributed by atoms with Gasteiger partial charge in [-0.05, 0) is 18.1 Å². The number of alkyl halides is 2. The van der Waals surface area contributed by atoms with Gasteiger partial charge in [0.05, 0.1) is 6.61 Å². The number of nitrogens with zero attached hydrogens (tertiary/aromatic N) is 3. The molecule has 5 nitrogen and oxygen atoms in total. The fourth-order valence-corrected chi connectivity index (χ4v) is 5.07. The predicted molar refractivity (Wildman–Crippen MR) is 121 cm³/mol. The molecule has 0 saturated heterocycles. The Bertz CT molecular complexity index is 982. The standard InChI is InChI=1S/C22H23Cl2N3O2S/c1-28-12-11-27-20(25-26-21(27)30-15-17-13-22(17,23)24)14-29-19-10-6-5-9-18(19)16-7-3-2-4-8-16/h2-10,17H,11-15H2,1H3. The number of benzene rings is 2. The zero-order valence-electron chi connectivity index (χ0n) is 16.6. The Balaban J connectivity index is 1.48. The van der Waals surface area contributed by atoms with E-state index in [1.54, 1.807) is 18.9 Å². The van der Waals surface area contributed by atoms with Crippen molar-refractivity contribution in [2.24, 2.45) is 5.92 Å². The van der Waals surface area contributed by atoms with Crippen LogP contribution in [-0.4, -0.2) is 38.6 Å². The van der Waals surface area contributed by atoms with E-state index >= 15 is 0 Å². The van der Waals surface area contributed by atoms with Gasteiger partial charge >= 0.3 is 0 Å². The molecule has 4 rings (SSSR count). The minimum Gasteiger partial charge on any atom is -0.485 e. The summed E-state index contributed by atoms with van der Waals surface area (Å²) in [6, 6.07) is 18.2. The van der Waals surface area contributed by atoms with Gasteiger partial charge in [-0.2, -0.15) is 0 Å². The molecule has 8 heteroatoms. The number of rotatable bonds is 10. The van der Waals surface area contributed by atoms with Crippen LogP contribution in [0.4, 0.5) is 0 Å². The molecule has 1 aromatic heterocycles. The molecule has 1 unspecified atom stereocenters. The SMILES string of the molecule is COCCn1c(COc2ccccc2-c2ccccc2)nnc1SCC1CC1(Cl)Cl. The molecule has 30 heavy (non-hydrogen) atoms. The molecule has 158 valence electrons. The second kappa shape index (κ2) is 9.60. The van der Waals surface area contributed by atoms with E-state index in [9.17, 15) is 0 Å². The van der Waals surface area contributed by atoms with E-state index in [4.69, 9.17) is 32.7 Å². The highest BCUT2D eigenvalue weighted by Crippen LogP contribution is 2.54. The lowest BCUT2D eigenvalue weighted by atomic mass is 10.1. The lowest BCUT2D eigenvalue weighted by molar-refractivity contribution is 0.181. The maximum atomic E-state index is 6.17. The van der Waals surface area contributed by atoms with Crippen LogP contribution in [0.25, 0.3) is 11.1 Å². The van der Waals surface area contributed by atoms with E-state index in [2.05, 4.69) is 28.4 Å². The van der Waals surface area contributed by atoms with E-state index in [0.29, 0.717) is 19.8 Å². The summed E-state index contributed by atoms with van der Waals surface area (Å²) in [5.41, 5.74) is 2.16. The van der Waals surface area contributed by atoms with Crippen LogP contribution < -0.4 is 4.74 Å². The highest BCUT2D eigenvalue weighted by atomic mass is 35.5. The van der Waals surface area contributed by atoms with Gasteiger partial charge in [-0.1, -0.05) is 60.3 Å². The average molecular weight is 464 g/mol. The summed E-state index contributed by atoms with van der Waals surface area (Å²) in [4.78, 5) is 0. The summed E-state index contributed by atoms with van der Waals surface area (Å²) >= 11 is 13.9. The van der Waals surface area contributed by atoms with Crippen LogP contribution >= 0.6 is 35.0 Å². The van der Waals surface area contributed by atoms with Crippen LogP contribution in [-0.2, 0) is 17.9 Å². The molecular weight excluding hydrogens is 441 g/mol. The van der Waals surface area contributed by atoms with E-state index in [0.717, 1.165) is 40.0 Å². The first-order valence-electron chi connectivity index (χ1n) is 9.77. The van der Waals surface area contributed by atoms with Gasteiger partial charge in [0.1, 0.15) is 16.7 Å². The molecule has 1 atom stereocenters. The first kappa shape index (κ1) is 21.5. The van der Waals surface area contributed by atoms with Crippen molar-refractivity contribution in [1.29, 1.82) is 0 Å². The van der Waals surface area contributed by atoms with Gasteiger partial charge in [-0.3, -0.25) is 0 Å². The molecule has 0 N–H and O–H groups in total. The number of thioether (sulfide) groups is 1. The summed E-state index contributed by atoms with van der Waals surface area (Å²) in [5.74, 6) is 2.67. The smallest absolute Gasteiger partial charge is 0.191 e. The summed E-state index contributed by atoms with van der Waals surface area (Å²) in [7, 11) is 1.68. The van der Waals surface area contributed by atoms with E-state index in [1.165, 1.54) is 0 Å². The molecule has 0 bridgehead atoms. The zero-order valence-corrected chi connectivity index (χ0v) is 19.0. The maximum absolute atomic E-state index is 6.17. The predicted octanol–water partition coefficient (Wildman–Crippen LogP) is 5.46. The van der Waals surface area contributed by atoms with Crippen LogP contribution in [0.15, 0.2) is 59.8 Å². The minimum absolute atomic E-state index is 0.288. The molecule has 0 spiro atoms. The number of hydrogen-bond donors (Lipinski definition) is 0.